The van der Waals surface area contributed by atoms with E-state index in [1.54, 1.807) is 19.2 Å². The predicted molar refractivity (Wildman–Crippen MR) is 111 cm³/mol. The highest BCUT2D eigenvalue weighted by molar-refractivity contribution is 7.98. The van der Waals surface area contributed by atoms with E-state index in [9.17, 15) is 9.90 Å². The van der Waals surface area contributed by atoms with E-state index in [0.717, 1.165) is 10.3 Å². The van der Waals surface area contributed by atoms with Gasteiger partial charge in [0.25, 0.3) is 0 Å². The van der Waals surface area contributed by atoms with Crippen LogP contribution in [-0.2, 0) is 0 Å². The molecule has 0 radical (unpaired) electrons. The number of carbonyl (C=O) groups is 1. The van der Waals surface area contributed by atoms with Crippen molar-refractivity contribution in [3.8, 4) is 17.0 Å². The Morgan fingerprint density at radius 1 is 1.11 bits per heavy atom. The molecule has 6 heteroatoms. The van der Waals surface area contributed by atoms with Gasteiger partial charge in [-0.15, -0.1) is 0 Å². The molecule has 0 aliphatic rings. The number of aryl methyl sites for hydroxylation is 1. The van der Waals surface area contributed by atoms with E-state index in [-0.39, 0.29) is 5.56 Å². The summed E-state index contributed by atoms with van der Waals surface area (Å²) in [6.07, 6.45) is 1.90. The normalized spacial score (nSPS) is 10.9. The lowest BCUT2D eigenvalue weighted by molar-refractivity contribution is 0.0697. The number of carboxylic acid groups (broad SMARTS) is 1. The molecule has 0 amide bonds. The average Bonchev–Trinajstić information content (AvgIpc) is 3.10. The Labute approximate surface area is 166 Å². The van der Waals surface area contributed by atoms with Gasteiger partial charge in [0, 0.05) is 22.0 Å². The highest BCUT2D eigenvalue weighted by Crippen LogP contribution is 2.34. The molecule has 0 fully saturated rings. The molecule has 2 aromatic heterocycles. The van der Waals surface area contributed by atoms with Crippen LogP contribution in [0, 0.1) is 6.92 Å². The highest BCUT2D eigenvalue weighted by Gasteiger charge is 2.19. The van der Waals surface area contributed by atoms with Gasteiger partial charge >= 0.3 is 5.97 Å². The van der Waals surface area contributed by atoms with Crippen LogP contribution in [0.25, 0.3) is 22.3 Å². The smallest absolute Gasteiger partial charge is 0.337 e. The summed E-state index contributed by atoms with van der Waals surface area (Å²) in [7, 11) is 1.56. The zero-order chi connectivity index (χ0) is 19.7. The lowest BCUT2D eigenvalue weighted by Crippen LogP contribution is -2.03. The van der Waals surface area contributed by atoms with E-state index < -0.39 is 5.97 Å². The van der Waals surface area contributed by atoms with Gasteiger partial charge < -0.3 is 9.84 Å². The quantitative estimate of drug-likeness (QED) is 0.503. The van der Waals surface area contributed by atoms with Crippen LogP contribution < -0.4 is 4.74 Å². The van der Waals surface area contributed by atoms with Gasteiger partial charge in [0.2, 0.25) is 0 Å². The van der Waals surface area contributed by atoms with Crippen molar-refractivity contribution in [1.29, 1.82) is 0 Å². The topological polar surface area (TPSA) is 64.4 Å². The number of aromatic nitrogens is 2. The maximum atomic E-state index is 11.9. The SMILES string of the molecule is COc1ccccc1-c1nc2c(ccn2Sc2ccc(C)cc2)cc1C(=O)O. The summed E-state index contributed by atoms with van der Waals surface area (Å²) >= 11 is 1.54. The van der Waals surface area contributed by atoms with Crippen molar-refractivity contribution < 1.29 is 14.6 Å². The first-order valence-electron chi connectivity index (χ1n) is 8.70. The number of methoxy groups -OCH3 is 1. The molecule has 4 aromatic rings. The molecule has 0 aliphatic carbocycles. The summed E-state index contributed by atoms with van der Waals surface area (Å²) in [6.45, 7) is 2.05. The summed E-state index contributed by atoms with van der Waals surface area (Å²) in [5, 5.41) is 10.5. The van der Waals surface area contributed by atoms with Crippen molar-refractivity contribution in [2.75, 3.05) is 7.11 Å². The number of fused-ring (bicyclic) bond motifs is 1. The van der Waals surface area contributed by atoms with Crippen LogP contribution >= 0.6 is 11.9 Å². The number of carboxylic acids is 1. The first kappa shape index (κ1) is 18.1. The van der Waals surface area contributed by atoms with Gasteiger partial charge in [0.15, 0.2) is 5.65 Å². The fourth-order valence-electron chi connectivity index (χ4n) is 3.03. The summed E-state index contributed by atoms with van der Waals surface area (Å²) in [5.74, 6) is -0.435. The maximum Gasteiger partial charge on any atom is 0.337 e. The number of aromatic carboxylic acids is 1. The van der Waals surface area contributed by atoms with Crippen LogP contribution in [0.4, 0.5) is 0 Å². The second-order valence-electron chi connectivity index (χ2n) is 6.35. The van der Waals surface area contributed by atoms with E-state index in [2.05, 4.69) is 24.3 Å². The first-order valence-corrected chi connectivity index (χ1v) is 9.48. The van der Waals surface area contributed by atoms with Crippen LogP contribution in [0.3, 0.4) is 0 Å². The largest absolute Gasteiger partial charge is 0.496 e. The third-order valence-electron chi connectivity index (χ3n) is 4.45. The summed E-state index contributed by atoms with van der Waals surface area (Å²) in [6, 6.07) is 19.1. The maximum absolute atomic E-state index is 11.9. The van der Waals surface area contributed by atoms with Crippen molar-refractivity contribution in [2.24, 2.45) is 0 Å². The number of rotatable bonds is 5. The number of ether oxygens (including phenoxy) is 1. The molecule has 0 saturated heterocycles. The van der Waals surface area contributed by atoms with Crippen molar-refractivity contribution in [3.05, 3.63) is 78.0 Å². The summed E-state index contributed by atoms with van der Waals surface area (Å²) in [4.78, 5) is 17.7. The number of para-hydroxylation sites is 1. The van der Waals surface area contributed by atoms with E-state index >= 15 is 0 Å². The third kappa shape index (κ3) is 3.34. The van der Waals surface area contributed by atoms with Crippen molar-refractivity contribution in [1.82, 2.24) is 8.96 Å². The molecule has 0 bridgehead atoms. The van der Waals surface area contributed by atoms with Gasteiger partial charge in [0.05, 0.1) is 18.4 Å². The van der Waals surface area contributed by atoms with E-state index in [4.69, 9.17) is 9.72 Å². The summed E-state index contributed by atoms with van der Waals surface area (Å²) < 4.78 is 7.37. The minimum atomic E-state index is -1.02. The number of hydrogen-bond donors (Lipinski definition) is 1. The molecule has 1 N–H and O–H groups in total. The average molecular weight is 390 g/mol. The third-order valence-corrected chi connectivity index (χ3v) is 5.42. The van der Waals surface area contributed by atoms with Gasteiger partial charge in [-0.05, 0) is 55.3 Å². The second kappa shape index (κ2) is 7.40. The number of benzene rings is 2. The lowest BCUT2D eigenvalue weighted by atomic mass is 10.0. The number of pyridine rings is 1. The molecule has 140 valence electrons. The molecule has 2 heterocycles. The lowest BCUT2D eigenvalue weighted by Gasteiger charge is -2.11. The molecule has 0 atom stereocenters. The fraction of sp³-hybridized carbons (Fsp3) is 0.0909. The van der Waals surface area contributed by atoms with E-state index in [1.807, 2.05) is 41.4 Å². The molecular weight excluding hydrogens is 372 g/mol. The predicted octanol–water partition coefficient (Wildman–Crippen LogP) is 5.27. The summed E-state index contributed by atoms with van der Waals surface area (Å²) in [5.41, 5.74) is 3.09. The molecule has 28 heavy (non-hydrogen) atoms. The van der Waals surface area contributed by atoms with Gasteiger partial charge in [-0.25, -0.2) is 9.78 Å². The van der Waals surface area contributed by atoms with E-state index in [0.29, 0.717) is 22.7 Å². The minimum Gasteiger partial charge on any atom is -0.496 e. The zero-order valence-corrected chi connectivity index (χ0v) is 16.2. The first-order chi connectivity index (χ1) is 13.6. The second-order valence-corrected chi connectivity index (χ2v) is 7.40. The Morgan fingerprint density at radius 3 is 2.57 bits per heavy atom. The van der Waals surface area contributed by atoms with Gasteiger partial charge in [-0.3, -0.25) is 3.97 Å². The fourth-order valence-corrected chi connectivity index (χ4v) is 3.87. The van der Waals surface area contributed by atoms with Crippen molar-refractivity contribution in [2.45, 2.75) is 11.8 Å². The minimum absolute atomic E-state index is 0.148. The molecule has 5 nitrogen and oxygen atoms in total. The Hall–Kier alpha value is -3.25. The van der Waals surface area contributed by atoms with Gasteiger partial charge in [-0.2, -0.15) is 0 Å². The Morgan fingerprint density at radius 2 is 1.86 bits per heavy atom. The Balaban J connectivity index is 1.87. The van der Waals surface area contributed by atoms with Crippen LogP contribution in [0.15, 0.2) is 71.8 Å². The number of nitrogens with zero attached hydrogens (tertiary/aromatic N) is 2. The molecule has 0 aliphatic heterocycles. The van der Waals surface area contributed by atoms with Gasteiger partial charge in [0.1, 0.15) is 5.75 Å². The molecule has 0 spiro atoms. The van der Waals surface area contributed by atoms with E-state index in [1.165, 1.54) is 17.5 Å². The van der Waals surface area contributed by atoms with Crippen molar-refractivity contribution >= 4 is 29.0 Å². The highest BCUT2D eigenvalue weighted by atomic mass is 32.2. The number of hydrogen-bond acceptors (Lipinski definition) is 4. The van der Waals surface area contributed by atoms with Gasteiger partial charge in [-0.1, -0.05) is 29.8 Å². The molecule has 4 rings (SSSR count). The van der Waals surface area contributed by atoms with Crippen LogP contribution in [0.1, 0.15) is 15.9 Å². The molecule has 2 aromatic carbocycles. The Kier molecular flexibility index (Phi) is 4.79. The monoisotopic (exact) mass is 390 g/mol. The standard InChI is InChI=1S/C22H18N2O3S/c1-14-7-9-16(10-8-14)28-24-12-11-15-13-18(22(25)26)20(23-21(15)24)17-5-3-4-6-19(17)27-2/h3-13H,1-2H3,(H,25,26). The van der Waals surface area contributed by atoms with Crippen molar-refractivity contribution in [3.63, 3.8) is 0 Å². The van der Waals surface area contributed by atoms with Crippen LogP contribution in [0.2, 0.25) is 0 Å². The zero-order valence-electron chi connectivity index (χ0n) is 15.4. The van der Waals surface area contributed by atoms with Crippen LogP contribution in [-0.4, -0.2) is 27.1 Å². The molecular formula is C22H18N2O3S. The van der Waals surface area contributed by atoms with Crippen LogP contribution in [0.5, 0.6) is 5.75 Å². The molecule has 0 unspecified atom stereocenters. The molecule has 0 saturated carbocycles. The Bertz CT molecular complexity index is 1170.